The molecule has 0 radical (unpaired) electrons. The summed E-state index contributed by atoms with van der Waals surface area (Å²) in [5.41, 5.74) is 0. The average molecular weight is 300 g/mol. The molecule has 0 bridgehead atoms. The summed E-state index contributed by atoms with van der Waals surface area (Å²) >= 11 is 5.31. The molecule has 0 saturated carbocycles. The van der Waals surface area contributed by atoms with Crippen molar-refractivity contribution in [3.8, 4) is 0 Å². The lowest BCUT2D eigenvalue weighted by atomic mass is 10.2. The van der Waals surface area contributed by atoms with E-state index < -0.39 is 0 Å². The summed E-state index contributed by atoms with van der Waals surface area (Å²) in [6, 6.07) is 6.52. The SMILES string of the molecule is CC(N[C@H](C)c1ccco1)c1sccc1Br. The van der Waals surface area contributed by atoms with E-state index in [1.54, 1.807) is 17.6 Å². The fraction of sp³-hybridized carbons (Fsp3) is 0.333. The predicted octanol–water partition coefficient (Wildman–Crippen LogP) is 4.52. The second-order valence-corrected chi connectivity index (χ2v) is 5.56. The maximum Gasteiger partial charge on any atom is 0.120 e. The topological polar surface area (TPSA) is 25.2 Å². The van der Waals surface area contributed by atoms with E-state index in [-0.39, 0.29) is 6.04 Å². The second kappa shape index (κ2) is 5.17. The fourth-order valence-corrected chi connectivity index (χ4v) is 3.42. The molecule has 2 rings (SSSR count). The standard InChI is InChI=1S/C12H14BrNOS/c1-8(11-4-3-6-15-11)14-9(2)12-10(13)5-7-16-12/h3-9,14H,1-2H3/t8-,9?/m1/s1. The molecule has 0 amide bonds. The molecule has 2 atom stereocenters. The van der Waals surface area contributed by atoms with Crippen LogP contribution in [0.1, 0.15) is 36.6 Å². The highest BCUT2D eigenvalue weighted by Crippen LogP contribution is 2.30. The smallest absolute Gasteiger partial charge is 0.120 e. The van der Waals surface area contributed by atoms with Gasteiger partial charge in [-0.3, -0.25) is 0 Å². The minimum Gasteiger partial charge on any atom is -0.468 e. The van der Waals surface area contributed by atoms with E-state index in [1.807, 2.05) is 12.1 Å². The maximum absolute atomic E-state index is 5.37. The molecule has 1 N–H and O–H groups in total. The van der Waals surface area contributed by atoms with Crippen LogP contribution in [-0.4, -0.2) is 0 Å². The lowest BCUT2D eigenvalue weighted by molar-refractivity contribution is 0.404. The Kier molecular flexibility index (Phi) is 3.84. The van der Waals surface area contributed by atoms with E-state index in [9.17, 15) is 0 Å². The summed E-state index contributed by atoms with van der Waals surface area (Å²) < 4.78 is 6.54. The van der Waals surface area contributed by atoms with Crippen LogP contribution in [-0.2, 0) is 0 Å². The molecule has 2 aromatic heterocycles. The highest BCUT2D eigenvalue weighted by molar-refractivity contribution is 9.10. The van der Waals surface area contributed by atoms with E-state index in [1.165, 1.54) is 9.35 Å². The van der Waals surface area contributed by atoms with Crippen LogP contribution < -0.4 is 5.32 Å². The quantitative estimate of drug-likeness (QED) is 0.898. The second-order valence-electron chi connectivity index (χ2n) is 3.76. The molecule has 0 aromatic carbocycles. The first-order valence-corrected chi connectivity index (χ1v) is 6.88. The normalized spacial score (nSPS) is 14.9. The molecular formula is C12H14BrNOS. The van der Waals surface area contributed by atoms with Gasteiger partial charge in [0.2, 0.25) is 0 Å². The van der Waals surface area contributed by atoms with Crippen molar-refractivity contribution in [2.75, 3.05) is 0 Å². The molecule has 16 heavy (non-hydrogen) atoms. The first kappa shape index (κ1) is 11.9. The molecule has 1 unspecified atom stereocenters. The fourth-order valence-electron chi connectivity index (χ4n) is 1.68. The summed E-state index contributed by atoms with van der Waals surface area (Å²) in [6.07, 6.45) is 1.71. The summed E-state index contributed by atoms with van der Waals surface area (Å²) in [7, 11) is 0. The third kappa shape index (κ3) is 2.56. The first-order chi connectivity index (χ1) is 7.68. The van der Waals surface area contributed by atoms with Crippen LogP contribution in [0.25, 0.3) is 0 Å². The highest BCUT2D eigenvalue weighted by atomic mass is 79.9. The summed E-state index contributed by atoms with van der Waals surface area (Å²) in [5.74, 6) is 0.972. The Morgan fingerprint density at radius 3 is 2.69 bits per heavy atom. The third-order valence-corrected chi connectivity index (χ3v) is 4.56. The Bertz CT molecular complexity index is 438. The monoisotopic (exact) mass is 299 g/mol. The molecule has 0 aliphatic heterocycles. The minimum absolute atomic E-state index is 0.221. The van der Waals surface area contributed by atoms with E-state index in [4.69, 9.17) is 4.42 Å². The van der Waals surface area contributed by atoms with Crippen molar-refractivity contribution >= 4 is 27.3 Å². The molecule has 86 valence electrons. The van der Waals surface area contributed by atoms with Gasteiger partial charge in [-0.25, -0.2) is 0 Å². The minimum atomic E-state index is 0.221. The van der Waals surface area contributed by atoms with Crippen molar-refractivity contribution in [2.24, 2.45) is 0 Å². The Morgan fingerprint density at radius 1 is 1.31 bits per heavy atom. The van der Waals surface area contributed by atoms with Crippen molar-refractivity contribution in [1.29, 1.82) is 0 Å². The molecular weight excluding hydrogens is 286 g/mol. The molecule has 2 aromatic rings. The van der Waals surface area contributed by atoms with Gasteiger partial charge in [-0.15, -0.1) is 11.3 Å². The summed E-state index contributed by atoms with van der Waals surface area (Å²) in [4.78, 5) is 1.32. The van der Waals surface area contributed by atoms with Gasteiger partial charge < -0.3 is 9.73 Å². The summed E-state index contributed by atoms with van der Waals surface area (Å²) in [5, 5.41) is 5.60. The Hall–Kier alpha value is -0.580. The molecule has 0 saturated heterocycles. The molecule has 0 aliphatic rings. The lowest BCUT2D eigenvalue weighted by Crippen LogP contribution is -2.21. The zero-order valence-corrected chi connectivity index (χ0v) is 11.6. The van der Waals surface area contributed by atoms with Crippen LogP contribution in [0.15, 0.2) is 38.7 Å². The van der Waals surface area contributed by atoms with Crippen molar-refractivity contribution in [1.82, 2.24) is 5.32 Å². The van der Waals surface area contributed by atoms with Crippen molar-refractivity contribution in [3.05, 3.63) is 45.0 Å². The number of furan rings is 1. The zero-order valence-electron chi connectivity index (χ0n) is 9.24. The van der Waals surface area contributed by atoms with Gasteiger partial charge in [-0.2, -0.15) is 0 Å². The number of halogens is 1. The van der Waals surface area contributed by atoms with Gasteiger partial charge in [0.25, 0.3) is 0 Å². The average Bonchev–Trinajstić information content (AvgIpc) is 2.86. The van der Waals surface area contributed by atoms with Gasteiger partial charge in [-0.1, -0.05) is 0 Å². The van der Waals surface area contributed by atoms with E-state index >= 15 is 0 Å². The van der Waals surface area contributed by atoms with E-state index in [2.05, 4.69) is 46.5 Å². The van der Waals surface area contributed by atoms with Crippen LogP contribution in [0.4, 0.5) is 0 Å². The Morgan fingerprint density at radius 2 is 2.12 bits per heavy atom. The van der Waals surface area contributed by atoms with Gasteiger partial charge >= 0.3 is 0 Å². The Labute approximate surface area is 108 Å². The first-order valence-electron chi connectivity index (χ1n) is 5.21. The molecule has 0 aliphatic carbocycles. The van der Waals surface area contributed by atoms with Gasteiger partial charge in [0.15, 0.2) is 0 Å². The number of thiophene rings is 1. The van der Waals surface area contributed by atoms with Crippen molar-refractivity contribution in [2.45, 2.75) is 25.9 Å². The number of nitrogens with one attached hydrogen (secondary N) is 1. The van der Waals surface area contributed by atoms with Crippen molar-refractivity contribution in [3.63, 3.8) is 0 Å². The summed E-state index contributed by atoms with van der Waals surface area (Å²) in [6.45, 7) is 4.27. The van der Waals surface area contributed by atoms with Crippen LogP contribution in [0.3, 0.4) is 0 Å². The van der Waals surface area contributed by atoms with E-state index in [0.717, 1.165) is 5.76 Å². The Balaban J connectivity index is 2.03. The van der Waals surface area contributed by atoms with Crippen LogP contribution in [0.5, 0.6) is 0 Å². The largest absolute Gasteiger partial charge is 0.468 e. The lowest BCUT2D eigenvalue weighted by Gasteiger charge is -2.17. The van der Waals surface area contributed by atoms with Gasteiger partial charge in [-0.05, 0) is 53.4 Å². The molecule has 2 nitrogen and oxygen atoms in total. The number of rotatable bonds is 4. The van der Waals surface area contributed by atoms with Gasteiger partial charge in [0, 0.05) is 15.4 Å². The third-order valence-electron chi connectivity index (χ3n) is 2.51. The molecule has 4 heteroatoms. The van der Waals surface area contributed by atoms with E-state index in [0.29, 0.717) is 6.04 Å². The van der Waals surface area contributed by atoms with Gasteiger partial charge in [0.1, 0.15) is 5.76 Å². The van der Waals surface area contributed by atoms with Crippen LogP contribution in [0, 0.1) is 0 Å². The molecule has 2 heterocycles. The zero-order chi connectivity index (χ0) is 11.5. The number of hydrogen-bond donors (Lipinski definition) is 1. The van der Waals surface area contributed by atoms with Crippen LogP contribution in [0.2, 0.25) is 0 Å². The molecule has 0 fully saturated rings. The molecule has 0 spiro atoms. The van der Waals surface area contributed by atoms with Gasteiger partial charge in [0.05, 0.1) is 12.3 Å². The predicted molar refractivity (Wildman–Crippen MR) is 70.7 cm³/mol. The van der Waals surface area contributed by atoms with Crippen LogP contribution >= 0.6 is 27.3 Å². The maximum atomic E-state index is 5.37. The highest BCUT2D eigenvalue weighted by Gasteiger charge is 2.15. The van der Waals surface area contributed by atoms with Crippen molar-refractivity contribution < 1.29 is 4.42 Å². The number of hydrogen-bond acceptors (Lipinski definition) is 3.